The van der Waals surface area contributed by atoms with Crippen LogP contribution in [0.5, 0.6) is 0 Å². The number of hydrogen-bond acceptors (Lipinski definition) is 4. The van der Waals surface area contributed by atoms with Crippen molar-refractivity contribution in [2.75, 3.05) is 37.6 Å². The minimum Gasteiger partial charge on any atom is -0.353 e. The number of anilines is 1. The van der Waals surface area contributed by atoms with Gasteiger partial charge in [0.15, 0.2) is 0 Å². The molecule has 0 aliphatic carbocycles. The third kappa shape index (κ3) is 4.17. The Hall–Kier alpha value is -1.62. The van der Waals surface area contributed by atoms with E-state index >= 15 is 0 Å². The third-order valence-corrected chi connectivity index (χ3v) is 3.89. The maximum absolute atomic E-state index is 11.4. The summed E-state index contributed by atoms with van der Waals surface area (Å²) in [6.45, 7) is 11.1. The highest BCUT2D eigenvalue weighted by atomic mass is 16.2. The van der Waals surface area contributed by atoms with Gasteiger partial charge in [-0.2, -0.15) is 0 Å². The lowest BCUT2D eigenvalue weighted by atomic mass is 10.2. The van der Waals surface area contributed by atoms with Crippen molar-refractivity contribution < 1.29 is 4.79 Å². The van der Waals surface area contributed by atoms with Crippen molar-refractivity contribution in [2.24, 2.45) is 0 Å². The molecule has 1 aliphatic heterocycles. The van der Waals surface area contributed by atoms with Gasteiger partial charge in [-0.15, -0.1) is 0 Å². The smallest absolute Gasteiger partial charge is 0.219 e. The molecule has 5 heteroatoms. The molecule has 0 atom stereocenters. The summed E-state index contributed by atoms with van der Waals surface area (Å²) in [5.74, 6) is 1.22. The van der Waals surface area contributed by atoms with E-state index in [1.807, 2.05) is 11.1 Å². The van der Waals surface area contributed by atoms with Crippen LogP contribution in [-0.4, -0.2) is 48.5 Å². The molecule has 1 N–H and O–H groups in total. The summed E-state index contributed by atoms with van der Waals surface area (Å²) in [5, 5.41) is 3.40. The highest BCUT2D eigenvalue weighted by molar-refractivity contribution is 5.73. The summed E-state index contributed by atoms with van der Waals surface area (Å²) in [6.07, 6.45) is 3.10. The number of amides is 1. The van der Waals surface area contributed by atoms with Crippen LogP contribution in [0.1, 0.15) is 31.4 Å². The average molecular weight is 290 g/mol. The summed E-state index contributed by atoms with van der Waals surface area (Å²) in [4.78, 5) is 20.2. The Bertz CT molecular complexity index is 481. The molecule has 21 heavy (non-hydrogen) atoms. The zero-order chi connectivity index (χ0) is 15.2. The molecule has 1 fully saturated rings. The molecule has 1 aromatic heterocycles. The number of aromatic nitrogens is 1. The number of piperazine rings is 1. The number of nitrogens with one attached hydrogen (secondary N) is 1. The number of nitrogens with zero attached hydrogens (tertiary/aromatic N) is 3. The Morgan fingerprint density at radius 3 is 2.62 bits per heavy atom. The molecule has 2 heterocycles. The predicted octanol–water partition coefficient (Wildman–Crippen LogP) is 1.56. The van der Waals surface area contributed by atoms with Crippen molar-refractivity contribution >= 4 is 11.7 Å². The molecule has 1 aromatic rings. The van der Waals surface area contributed by atoms with Gasteiger partial charge >= 0.3 is 0 Å². The van der Waals surface area contributed by atoms with Gasteiger partial charge in [0.05, 0.1) is 0 Å². The van der Waals surface area contributed by atoms with E-state index in [1.165, 1.54) is 11.1 Å². The van der Waals surface area contributed by atoms with Crippen LogP contribution in [0.2, 0.25) is 0 Å². The molecule has 0 bridgehead atoms. The fourth-order valence-electron chi connectivity index (χ4n) is 2.70. The normalized spacial score (nSPS) is 15.4. The standard InChI is InChI=1S/C16H26N4O/c1-4-5-17-11-15-10-13(2)16(18-12-15)20-8-6-19(7-9-20)14(3)21/h10,12,17H,4-9,11H2,1-3H3. The first kappa shape index (κ1) is 15.8. The first-order valence-corrected chi connectivity index (χ1v) is 7.78. The van der Waals surface area contributed by atoms with E-state index in [1.54, 1.807) is 6.92 Å². The molecule has 5 nitrogen and oxygen atoms in total. The Kier molecular flexibility index (Phi) is 5.56. The summed E-state index contributed by atoms with van der Waals surface area (Å²) in [7, 11) is 0. The summed E-state index contributed by atoms with van der Waals surface area (Å²) in [5.41, 5.74) is 2.44. The number of rotatable bonds is 5. The molecule has 1 saturated heterocycles. The van der Waals surface area contributed by atoms with Gasteiger partial charge < -0.3 is 15.1 Å². The minimum absolute atomic E-state index is 0.164. The van der Waals surface area contributed by atoms with Crippen LogP contribution >= 0.6 is 0 Å². The first-order chi connectivity index (χ1) is 10.1. The molecule has 1 aliphatic rings. The maximum Gasteiger partial charge on any atom is 0.219 e. The molecular formula is C16H26N4O. The van der Waals surface area contributed by atoms with Crippen molar-refractivity contribution in [1.82, 2.24) is 15.2 Å². The van der Waals surface area contributed by atoms with Gasteiger partial charge in [-0.05, 0) is 37.1 Å². The van der Waals surface area contributed by atoms with E-state index in [9.17, 15) is 4.79 Å². The third-order valence-electron chi connectivity index (χ3n) is 3.89. The Morgan fingerprint density at radius 1 is 1.33 bits per heavy atom. The monoisotopic (exact) mass is 290 g/mol. The van der Waals surface area contributed by atoms with Gasteiger partial charge in [0, 0.05) is 45.8 Å². The largest absolute Gasteiger partial charge is 0.353 e. The van der Waals surface area contributed by atoms with Gasteiger partial charge in [-0.3, -0.25) is 4.79 Å². The van der Waals surface area contributed by atoms with Crippen LogP contribution in [-0.2, 0) is 11.3 Å². The fraction of sp³-hybridized carbons (Fsp3) is 0.625. The van der Waals surface area contributed by atoms with Crippen LogP contribution < -0.4 is 10.2 Å². The molecule has 0 spiro atoms. The molecule has 2 rings (SSSR count). The zero-order valence-corrected chi connectivity index (χ0v) is 13.4. The molecule has 0 unspecified atom stereocenters. The summed E-state index contributed by atoms with van der Waals surface area (Å²) in [6, 6.07) is 2.21. The van der Waals surface area contributed by atoms with E-state index in [0.717, 1.165) is 51.5 Å². The predicted molar refractivity (Wildman–Crippen MR) is 85.4 cm³/mol. The highest BCUT2D eigenvalue weighted by Crippen LogP contribution is 2.19. The van der Waals surface area contributed by atoms with Crippen molar-refractivity contribution in [2.45, 2.75) is 33.7 Å². The van der Waals surface area contributed by atoms with E-state index in [2.05, 4.69) is 35.1 Å². The topological polar surface area (TPSA) is 48.5 Å². The molecule has 0 radical (unpaired) electrons. The Labute approximate surface area is 127 Å². The summed E-state index contributed by atoms with van der Waals surface area (Å²) >= 11 is 0. The van der Waals surface area contributed by atoms with Crippen molar-refractivity contribution in [3.63, 3.8) is 0 Å². The molecule has 1 amide bonds. The van der Waals surface area contributed by atoms with E-state index in [0.29, 0.717) is 0 Å². The number of carbonyl (C=O) groups excluding carboxylic acids is 1. The van der Waals surface area contributed by atoms with Crippen LogP contribution in [0.25, 0.3) is 0 Å². The average Bonchev–Trinajstić information content (AvgIpc) is 2.48. The lowest BCUT2D eigenvalue weighted by molar-refractivity contribution is -0.129. The second-order valence-corrected chi connectivity index (χ2v) is 5.65. The fourth-order valence-corrected chi connectivity index (χ4v) is 2.70. The Morgan fingerprint density at radius 2 is 2.05 bits per heavy atom. The van der Waals surface area contributed by atoms with Gasteiger partial charge in [0.1, 0.15) is 5.82 Å². The molecule has 0 saturated carbocycles. The first-order valence-electron chi connectivity index (χ1n) is 7.78. The lowest BCUT2D eigenvalue weighted by Gasteiger charge is -2.35. The van der Waals surface area contributed by atoms with Crippen molar-refractivity contribution in [1.29, 1.82) is 0 Å². The minimum atomic E-state index is 0.164. The van der Waals surface area contributed by atoms with Crippen LogP contribution in [0.3, 0.4) is 0 Å². The van der Waals surface area contributed by atoms with E-state index < -0.39 is 0 Å². The quantitative estimate of drug-likeness (QED) is 0.836. The SMILES string of the molecule is CCCNCc1cnc(N2CCN(C(C)=O)CC2)c(C)c1. The van der Waals surface area contributed by atoms with Crippen LogP contribution in [0.4, 0.5) is 5.82 Å². The van der Waals surface area contributed by atoms with Gasteiger partial charge in [-0.25, -0.2) is 4.98 Å². The zero-order valence-electron chi connectivity index (χ0n) is 13.4. The van der Waals surface area contributed by atoms with Gasteiger partial charge in [0.2, 0.25) is 5.91 Å². The molecular weight excluding hydrogens is 264 g/mol. The van der Waals surface area contributed by atoms with Gasteiger partial charge in [0.25, 0.3) is 0 Å². The highest BCUT2D eigenvalue weighted by Gasteiger charge is 2.20. The number of aryl methyl sites for hydroxylation is 1. The Balaban J connectivity index is 1.96. The van der Waals surface area contributed by atoms with E-state index in [-0.39, 0.29) is 5.91 Å². The number of pyridine rings is 1. The molecule has 116 valence electrons. The number of carbonyl (C=O) groups is 1. The van der Waals surface area contributed by atoms with Crippen LogP contribution in [0.15, 0.2) is 12.3 Å². The maximum atomic E-state index is 11.4. The second kappa shape index (κ2) is 7.41. The second-order valence-electron chi connectivity index (χ2n) is 5.65. The van der Waals surface area contributed by atoms with Gasteiger partial charge in [-0.1, -0.05) is 6.92 Å². The molecule has 0 aromatic carbocycles. The van der Waals surface area contributed by atoms with Crippen molar-refractivity contribution in [3.05, 3.63) is 23.4 Å². The number of hydrogen-bond donors (Lipinski definition) is 1. The van der Waals surface area contributed by atoms with E-state index in [4.69, 9.17) is 0 Å². The van der Waals surface area contributed by atoms with Crippen LogP contribution in [0, 0.1) is 6.92 Å². The summed E-state index contributed by atoms with van der Waals surface area (Å²) < 4.78 is 0. The lowest BCUT2D eigenvalue weighted by Crippen LogP contribution is -2.48. The van der Waals surface area contributed by atoms with Crippen molar-refractivity contribution in [3.8, 4) is 0 Å².